The Morgan fingerprint density at radius 3 is 2.52 bits per heavy atom. The number of aromatic hydroxyl groups is 1. The van der Waals surface area contributed by atoms with Crippen LogP contribution in [0.3, 0.4) is 0 Å². The average molecular weight is 381 g/mol. The molecule has 0 aliphatic rings. The highest BCUT2D eigenvalue weighted by atomic mass is 79.9. The molecule has 0 saturated carbocycles. The van der Waals surface area contributed by atoms with Gasteiger partial charge in [0.15, 0.2) is 5.78 Å². The number of halogens is 2. The molecule has 0 aliphatic carbocycles. The number of carbonyl (C=O) groups excluding carboxylic acids is 2. The monoisotopic (exact) mass is 380 g/mol. The van der Waals surface area contributed by atoms with Gasteiger partial charge in [-0.1, -0.05) is 15.9 Å². The normalized spacial score (nSPS) is 10.3. The third-order valence-corrected chi connectivity index (χ3v) is 3.62. The van der Waals surface area contributed by atoms with E-state index in [1.807, 2.05) is 0 Å². The van der Waals surface area contributed by atoms with Crippen LogP contribution in [0.4, 0.5) is 4.39 Å². The molecule has 23 heavy (non-hydrogen) atoms. The Morgan fingerprint density at radius 1 is 1.13 bits per heavy atom. The van der Waals surface area contributed by atoms with E-state index in [4.69, 9.17) is 4.74 Å². The van der Waals surface area contributed by atoms with Crippen LogP contribution in [-0.4, -0.2) is 23.5 Å². The van der Waals surface area contributed by atoms with Crippen molar-refractivity contribution < 1.29 is 23.8 Å². The lowest BCUT2D eigenvalue weighted by Gasteiger charge is -2.07. The van der Waals surface area contributed by atoms with Gasteiger partial charge in [0.05, 0.1) is 6.61 Å². The summed E-state index contributed by atoms with van der Waals surface area (Å²) in [5, 5.41) is 9.61. The van der Waals surface area contributed by atoms with Crippen LogP contribution in [-0.2, 0) is 4.74 Å². The quantitative estimate of drug-likeness (QED) is 0.465. The molecule has 0 radical (unpaired) electrons. The molecule has 0 spiro atoms. The number of Topliss-reactive ketones (excluding diaryl/α,β-unsaturated/α-hetero) is 1. The first kappa shape index (κ1) is 17.1. The fourth-order valence-electron chi connectivity index (χ4n) is 1.93. The molecule has 0 unspecified atom stereocenters. The third kappa shape index (κ3) is 4.89. The first-order valence-corrected chi connectivity index (χ1v) is 7.71. The van der Waals surface area contributed by atoms with Crippen LogP contribution in [0.1, 0.15) is 33.6 Å². The van der Waals surface area contributed by atoms with Gasteiger partial charge in [0.25, 0.3) is 0 Å². The highest BCUT2D eigenvalue weighted by Crippen LogP contribution is 2.22. The molecule has 2 aromatic rings. The number of esters is 1. The number of carbonyl (C=O) groups is 2. The van der Waals surface area contributed by atoms with E-state index in [2.05, 4.69) is 15.9 Å². The average Bonchev–Trinajstić information content (AvgIpc) is 2.54. The molecule has 0 bridgehead atoms. The summed E-state index contributed by atoms with van der Waals surface area (Å²) in [5.74, 6) is -1.37. The van der Waals surface area contributed by atoms with Gasteiger partial charge in [-0.15, -0.1) is 0 Å². The number of rotatable bonds is 6. The minimum Gasteiger partial charge on any atom is -0.507 e. The molecule has 2 rings (SSSR count). The van der Waals surface area contributed by atoms with Crippen molar-refractivity contribution in [2.75, 3.05) is 6.61 Å². The number of hydrogen-bond donors (Lipinski definition) is 1. The Bertz CT molecular complexity index is 713. The van der Waals surface area contributed by atoms with Gasteiger partial charge >= 0.3 is 5.97 Å². The Balaban J connectivity index is 1.81. The lowest BCUT2D eigenvalue weighted by atomic mass is 10.1. The minimum absolute atomic E-state index is 0.0533. The van der Waals surface area contributed by atoms with E-state index in [1.54, 1.807) is 6.07 Å². The van der Waals surface area contributed by atoms with Gasteiger partial charge < -0.3 is 9.84 Å². The van der Waals surface area contributed by atoms with Crippen LogP contribution in [0.15, 0.2) is 46.9 Å². The highest BCUT2D eigenvalue weighted by Gasteiger charge is 2.13. The molecule has 0 aromatic heterocycles. The zero-order chi connectivity index (χ0) is 16.8. The molecule has 6 heteroatoms. The number of phenols is 1. The highest BCUT2D eigenvalue weighted by molar-refractivity contribution is 9.10. The topological polar surface area (TPSA) is 63.6 Å². The van der Waals surface area contributed by atoms with Gasteiger partial charge in [0.1, 0.15) is 17.1 Å². The van der Waals surface area contributed by atoms with Crippen molar-refractivity contribution in [3.05, 3.63) is 63.9 Å². The van der Waals surface area contributed by atoms with Gasteiger partial charge in [0.2, 0.25) is 0 Å². The van der Waals surface area contributed by atoms with Crippen LogP contribution in [0.25, 0.3) is 0 Å². The zero-order valence-corrected chi connectivity index (χ0v) is 13.7. The van der Waals surface area contributed by atoms with Crippen LogP contribution in [0, 0.1) is 5.82 Å². The first-order valence-electron chi connectivity index (χ1n) is 6.92. The van der Waals surface area contributed by atoms with Gasteiger partial charge in [-0.25, -0.2) is 9.18 Å². The predicted octanol–water partition coefficient (Wildman–Crippen LogP) is 4.11. The fourth-order valence-corrected chi connectivity index (χ4v) is 2.29. The number of ether oxygens (including phenoxy) is 1. The summed E-state index contributed by atoms with van der Waals surface area (Å²) in [7, 11) is 0. The second-order valence-electron chi connectivity index (χ2n) is 4.83. The van der Waals surface area contributed by atoms with Crippen molar-refractivity contribution in [2.45, 2.75) is 12.8 Å². The van der Waals surface area contributed by atoms with E-state index in [9.17, 15) is 19.1 Å². The molecule has 1 N–H and O–H groups in total. The first-order chi connectivity index (χ1) is 11.0. The number of phenolic OH excluding ortho intramolecular Hbond substituents is 1. The summed E-state index contributed by atoms with van der Waals surface area (Å²) >= 11 is 3.21. The molecule has 0 aliphatic heterocycles. The third-order valence-electron chi connectivity index (χ3n) is 3.13. The zero-order valence-electron chi connectivity index (χ0n) is 12.1. The molecule has 0 saturated heterocycles. The van der Waals surface area contributed by atoms with Crippen LogP contribution in [0.2, 0.25) is 0 Å². The van der Waals surface area contributed by atoms with Gasteiger partial charge in [-0.2, -0.15) is 0 Å². The van der Waals surface area contributed by atoms with Crippen molar-refractivity contribution in [3.63, 3.8) is 0 Å². The summed E-state index contributed by atoms with van der Waals surface area (Å²) in [6.07, 6.45) is 0.528. The summed E-state index contributed by atoms with van der Waals surface area (Å²) in [6.45, 7) is 0.0533. The van der Waals surface area contributed by atoms with Crippen LogP contribution in [0.5, 0.6) is 5.75 Å². The standard InChI is InChI=1S/C17H14BrFO4/c18-12-5-8-16(21)14(10-12)17(22)23-9-1-2-15(20)11-3-6-13(19)7-4-11/h3-8,10,21H,1-2,9H2. The fraction of sp³-hybridized carbons (Fsp3) is 0.176. The van der Waals surface area contributed by atoms with Crippen LogP contribution < -0.4 is 0 Å². The lowest BCUT2D eigenvalue weighted by molar-refractivity contribution is 0.0491. The second-order valence-corrected chi connectivity index (χ2v) is 5.75. The molecule has 0 atom stereocenters. The van der Waals surface area contributed by atoms with Crippen molar-refractivity contribution in [2.24, 2.45) is 0 Å². The van der Waals surface area contributed by atoms with Crippen LogP contribution >= 0.6 is 15.9 Å². The second kappa shape index (κ2) is 7.87. The minimum atomic E-state index is -0.655. The SMILES string of the molecule is O=C(CCCOC(=O)c1cc(Br)ccc1O)c1ccc(F)cc1. The van der Waals surface area contributed by atoms with Gasteiger partial charge in [-0.05, 0) is 48.9 Å². The molecule has 0 heterocycles. The summed E-state index contributed by atoms with van der Waals surface area (Å²) < 4.78 is 18.5. The maximum atomic E-state index is 12.8. The van der Waals surface area contributed by atoms with E-state index in [0.29, 0.717) is 16.5 Å². The largest absolute Gasteiger partial charge is 0.507 e. The van der Waals surface area contributed by atoms with Crippen molar-refractivity contribution >= 4 is 27.7 Å². The number of hydrogen-bond acceptors (Lipinski definition) is 4. The van der Waals surface area contributed by atoms with E-state index in [0.717, 1.165) is 0 Å². The smallest absolute Gasteiger partial charge is 0.341 e. The molecule has 0 fully saturated rings. The maximum Gasteiger partial charge on any atom is 0.341 e. The Kier molecular flexibility index (Phi) is 5.87. The van der Waals surface area contributed by atoms with E-state index >= 15 is 0 Å². The van der Waals surface area contributed by atoms with Gasteiger partial charge in [0, 0.05) is 16.5 Å². The Hall–Kier alpha value is -2.21. The van der Waals surface area contributed by atoms with E-state index in [1.165, 1.54) is 36.4 Å². The maximum absolute atomic E-state index is 12.8. The molecule has 2 aromatic carbocycles. The van der Waals surface area contributed by atoms with E-state index < -0.39 is 11.8 Å². The van der Waals surface area contributed by atoms with Crippen molar-refractivity contribution in [1.29, 1.82) is 0 Å². The molecule has 4 nitrogen and oxygen atoms in total. The van der Waals surface area contributed by atoms with Crippen molar-refractivity contribution in [3.8, 4) is 5.75 Å². The predicted molar refractivity (Wildman–Crippen MR) is 86.1 cm³/mol. The molecular formula is C17H14BrFO4. The van der Waals surface area contributed by atoms with E-state index in [-0.39, 0.29) is 30.1 Å². The summed E-state index contributed by atoms with van der Waals surface area (Å²) in [6, 6.07) is 9.74. The Labute approximate surface area is 141 Å². The number of benzene rings is 2. The summed E-state index contributed by atoms with van der Waals surface area (Å²) in [4.78, 5) is 23.7. The number of ketones is 1. The Morgan fingerprint density at radius 2 is 1.83 bits per heavy atom. The molecule has 0 amide bonds. The van der Waals surface area contributed by atoms with Gasteiger partial charge in [-0.3, -0.25) is 4.79 Å². The molecular weight excluding hydrogens is 367 g/mol. The lowest BCUT2D eigenvalue weighted by Crippen LogP contribution is -2.08. The van der Waals surface area contributed by atoms with Crippen molar-refractivity contribution in [1.82, 2.24) is 0 Å². The summed E-state index contributed by atoms with van der Waals surface area (Å²) in [5.41, 5.74) is 0.478. The molecule has 120 valence electrons.